The molecule has 6 rings (SSSR count). The topological polar surface area (TPSA) is 97.0 Å². The first-order chi connectivity index (χ1) is 17.4. The number of nitrogens with one attached hydrogen (secondary N) is 2. The van der Waals surface area contributed by atoms with Crippen molar-refractivity contribution < 1.29 is 23.9 Å². The van der Waals surface area contributed by atoms with Crippen LogP contribution in [0.25, 0.3) is 0 Å². The van der Waals surface area contributed by atoms with Gasteiger partial charge in [0.2, 0.25) is 17.7 Å². The Morgan fingerprint density at radius 2 is 1.81 bits per heavy atom. The van der Waals surface area contributed by atoms with Crippen molar-refractivity contribution in [2.75, 3.05) is 18.5 Å². The number of carbonyl (C=O) groups is 3. The molecule has 0 aromatic heterocycles. The van der Waals surface area contributed by atoms with Gasteiger partial charge >= 0.3 is 0 Å². The van der Waals surface area contributed by atoms with E-state index in [1.165, 1.54) is 6.42 Å². The maximum Gasteiger partial charge on any atom is 0.246 e. The molecular weight excluding hydrogens is 458 g/mol. The van der Waals surface area contributed by atoms with Gasteiger partial charge in [0.15, 0.2) is 0 Å². The number of likely N-dealkylation sites (tertiary alicyclic amines) is 1. The number of carbonyl (C=O) groups excluding carboxylic acids is 3. The van der Waals surface area contributed by atoms with Crippen molar-refractivity contribution >= 4 is 23.4 Å². The van der Waals surface area contributed by atoms with E-state index in [4.69, 9.17) is 9.47 Å². The molecule has 1 aromatic carbocycles. The van der Waals surface area contributed by atoms with E-state index in [0.29, 0.717) is 18.8 Å². The molecule has 3 saturated heterocycles. The second-order valence-electron chi connectivity index (χ2n) is 11.2. The Morgan fingerprint density at radius 3 is 2.53 bits per heavy atom. The van der Waals surface area contributed by atoms with Gasteiger partial charge in [-0.25, -0.2) is 0 Å². The van der Waals surface area contributed by atoms with Crippen LogP contribution >= 0.6 is 0 Å². The summed E-state index contributed by atoms with van der Waals surface area (Å²) in [5.74, 6) is -2.16. The van der Waals surface area contributed by atoms with E-state index in [9.17, 15) is 14.4 Å². The van der Waals surface area contributed by atoms with E-state index < -0.39 is 29.1 Å². The van der Waals surface area contributed by atoms with E-state index in [0.717, 1.165) is 38.5 Å². The largest absolute Gasteiger partial charge is 0.376 e. The molecule has 192 valence electrons. The van der Waals surface area contributed by atoms with Crippen LogP contribution in [0.4, 0.5) is 5.69 Å². The molecule has 8 nitrogen and oxygen atoms in total. The molecule has 1 aliphatic carbocycles. The Kier molecular flexibility index (Phi) is 5.91. The Bertz CT molecular complexity index is 1060. The predicted molar refractivity (Wildman–Crippen MR) is 133 cm³/mol. The second-order valence-corrected chi connectivity index (χ2v) is 11.2. The van der Waals surface area contributed by atoms with Crippen molar-refractivity contribution in [1.29, 1.82) is 0 Å². The highest BCUT2D eigenvalue weighted by Crippen LogP contribution is 2.60. The molecule has 3 amide bonds. The first-order valence-electron chi connectivity index (χ1n) is 13.4. The number of para-hydroxylation sites is 1. The molecule has 6 atom stereocenters. The minimum Gasteiger partial charge on any atom is -0.376 e. The van der Waals surface area contributed by atoms with Crippen molar-refractivity contribution in [3.63, 3.8) is 0 Å². The highest BCUT2D eigenvalue weighted by atomic mass is 16.5. The van der Waals surface area contributed by atoms with Gasteiger partial charge in [0.05, 0.1) is 23.5 Å². The lowest BCUT2D eigenvalue weighted by Gasteiger charge is -2.35. The van der Waals surface area contributed by atoms with Crippen LogP contribution in [0.15, 0.2) is 42.5 Å². The number of ether oxygens (including phenoxy) is 2. The van der Waals surface area contributed by atoms with Crippen LogP contribution in [0.2, 0.25) is 0 Å². The van der Waals surface area contributed by atoms with Crippen LogP contribution in [0, 0.1) is 11.8 Å². The minimum atomic E-state index is -1.16. The van der Waals surface area contributed by atoms with E-state index in [1.807, 2.05) is 49.4 Å². The lowest BCUT2D eigenvalue weighted by atomic mass is 9.70. The number of hydrogen-bond donors (Lipinski definition) is 2. The van der Waals surface area contributed by atoms with Crippen LogP contribution in [0.3, 0.4) is 0 Å². The quantitative estimate of drug-likeness (QED) is 0.594. The van der Waals surface area contributed by atoms with Crippen molar-refractivity contribution in [1.82, 2.24) is 10.2 Å². The number of amides is 3. The van der Waals surface area contributed by atoms with Crippen molar-refractivity contribution in [3.05, 3.63) is 42.5 Å². The molecule has 5 aliphatic rings. The van der Waals surface area contributed by atoms with Gasteiger partial charge in [-0.3, -0.25) is 14.4 Å². The highest BCUT2D eigenvalue weighted by molar-refractivity contribution is 6.03. The van der Waals surface area contributed by atoms with Gasteiger partial charge in [-0.15, -0.1) is 0 Å². The molecule has 4 heterocycles. The summed E-state index contributed by atoms with van der Waals surface area (Å²) in [5.41, 5.74) is -1.46. The summed E-state index contributed by atoms with van der Waals surface area (Å²) in [7, 11) is 0. The van der Waals surface area contributed by atoms with Gasteiger partial charge in [0.1, 0.15) is 11.6 Å². The van der Waals surface area contributed by atoms with E-state index in [1.54, 1.807) is 4.90 Å². The number of nitrogens with zero attached hydrogens (tertiary/aromatic N) is 1. The van der Waals surface area contributed by atoms with Crippen molar-refractivity contribution in [2.45, 2.75) is 81.3 Å². The summed E-state index contributed by atoms with van der Waals surface area (Å²) in [6.45, 7) is 2.84. The molecule has 1 saturated carbocycles. The molecule has 4 fully saturated rings. The number of benzene rings is 1. The van der Waals surface area contributed by atoms with E-state index >= 15 is 0 Å². The molecule has 0 radical (unpaired) electrons. The third-order valence-corrected chi connectivity index (χ3v) is 8.74. The molecule has 1 spiro atoms. The number of fused-ring (bicyclic) bond motifs is 1. The van der Waals surface area contributed by atoms with Crippen LogP contribution in [-0.2, 0) is 23.9 Å². The van der Waals surface area contributed by atoms with Gasteiger partial charge in [-0.05, 0) is 44.7 Å². The molecule has 2 bridgehead atoms. The summed E-state index contributed by atoms with van der Waals surface area (Å²) >= 11 is 0. The fourth-order valence-corrected chi connectivity index (χ4v) is 7.10. The first kappa shape index (κ1) is 23.7. The van der Waals surface area contributed by atoms with Gasteiger partial charge in [-0.1, -0.05) is 49.6 Å². The Morgan fingerprint density at radius 1 is 1.03 bits per heavy atom. The highest BCUT2D eigenvalue weighted by Gasteiger charge is 2.76. The zero-order valence-electron chi connectivity index (χ0n) is 20.8. The molecule has 0 unspecified atom stereocenters. The van der Waals surface area contributed by atoms with Gasteiger partial charge in [0.25, 0.3) is 0 Å². The normalized spacial score (nSPS) is 37.4. The van der Waals surface area contributed by atoms with Gasteiger partial charge in [0, 0.05) is 24.9 Å². The maximum atomic E-state index is 14.1. The lowest BCUT2D eigenvalue weighted by molar-refractivity contribution is -0.145. The Labute approximate surface area is 211 Å². The standard InChI is InChI=1S/C28H35N3O5/c1-27-14-15-28(36-27)22(21(27)24(32)29-18-9-4-2-5-10-18)26(34)31(17-20-13-8-16-35-20)23(28)25(33)30-19-11-6-3-7-12-19/h2,4-5,9-10,14-15,19-23H,3,6-8,11-13,16-17H2,1H3,(H,29,32)(H,30,33)/t20-,21-,22-,23+,27-,28+/m0/s1. The summed E-state index contributed by atoms with van der Waals surface area (Å²) in [4.78, 5) is 43.2. The number of anilines is 1. The molecule has 2 N–H and O–H groups in total. The Balaban J connectivity index is 1.33. The molecule has 8 heteroatoms. The van der Waals surface area contributed by atoms with Crippen LogP contribution in [-0.4, -0.2) is 65.2 Å². The van der Waals surface area contributed by atoms with Gasteiger partial charge in [-0.2, -0.15) is 0 Å². The summed E-state index contributed by atoms with van der Waals surface area (Å²) < 4.78 is 12.4. The predicted octanol–water partition coefficient (Wildman–Crippen LogP) is 2.79. The minimum absolute atomic E-state index is 0.108. The fourth-order valence-electron chi connectivity index (χ4n) is 7.10. The third-order valence-electron chi connectivity index (χ3n) is 8.74. The second kappa shape index (κ2) is 8.99. The lowest BCUT2D eigenvalue weighted by Crippen LogP contribution is -2.57. The monoisotopic (exact) mass is 493 g/mol. The molecule has 4 aliphatic heterocycles. The maximum absolute atomic E-state index is 14.1. The zero-order chi connectivity index (χ0) is 24.9. The van der Waals surface area contributed by atoms with Crippen LogP contribution < -0.4 is 10.6 Å². The van der Waals surface area contributed by atoms with Gasteiger partial charge < -0.3 is 25.0 Å². The van der Waals surface area contributed by atoms with E-state index in [-0.39, 0.29) is 29.9 Å². The molecular formula is C28H35N3O5. The number of rotatable bonds is 6. The van der Waals surface area contributed by atoms with E-state index in [2.05, 4.69) is 10.6 Å². The average molecular weight is 494 g/mol. The van der Waals surface area contributed by atoms with Crippen LogP contribution in [0.5, 0.6) is 0 Å². The van der Waals surface area contributed by atoms with Crippen LogP contribution in [0.1, 0.15) is 51.9 Å². The third kappa shape index (κ3) is 3.77. The summed E-state index contributed by atoms with van der Waals surface area (Å²) in [6.07, 6.45) is 10.7. The Hall–Kier alpha value is -2.71. The summed E-state index contributed by atoms with van der Waals surface area (Å²) in [5, 5.41) is 6.21. The smallest absolute Gasteiger partial charge is 0.246 e. The fraction of sp³-hybridized carbons (Fsp3) is 0.607. The van der Waals surface area contributed by atoms with Crippen molar-refractivity contribution in [3.8, 4) is 0 Å². The number of hydrogen-bond acceptors (Lipinski definition) is 5. The summed E-state index contributed by atoms with van der Waals surface area (Å²) in [6, 6.07) is 8.51. The molecule has 1 aromatic rings. The van der Waals surface area contributed by atoms with Crippen molar-refractivity contribution in [2.24, 2.45) is 11.8 Å². The molecule has 36 heavy (non-hydrogen) atoms. The first-order valence-corrected chi connectivity index (χ1v) is 13.4. The zero-order valence-corrected chi connectivity index (χ0v) is 20.8. The average Bonchev–Trinajstić information content (AvgIpc) is 3.61. The SMILES string of the molecule is C[C@@]12C=C[C@@]3(O1)[C@H](C(=O)N(C[C@@H]1CCCO1)[C@@H]3C(=O)NC1CCCCC1)[C@H]2C(=O)Nc1ccccc1.